The molecular weight excluding hydrogens is 427 g/mol. The van der Waals surface area contributed by atoms with E-state index >= 15 is 0 Å². The van der Waals surface area contributed by atoms with Crippen LogP contribution in [0.3, 0.4) is 0 Å². The molecule has 0 spiro atoms. The van der Waals surface area contributed by atoms with Gasteiger partial charge in [0.15, 0.2) is 0 Å². The summed E-state index contributed by atoms with van der Waals surface area (Å²) in [5.41, 5.74) is 1.85. The Morgan fingerprint density at radius 3 is 2.50 bits per heavy atom. The Kier molecular flexibility index (Phi) is 5.79. The van der Waals surface area contributed by atoms with Gasteiger partial charge in [-0.3, -0.25) is 0 Å². The summed E-state index contributed by atoms with van der Waals surface area (Å²) in [5.74, 6) is 0.807. The molecule has 0 saturated carbocycles. The number of ether oxygens (including phenoxy) is 1. The zero-order valence-electron chi connectivity index (χ0n) is 10.7. The van der Waals surface area contributed by atoms with Crippen LogP contribution < -0.4 is 4.74 Å². The van der Waals surface area contributed by atoms with E-state index in [4.69, 9.17) is 27.9 Å². The van der Waals surface area contributed by atoms with E-state index in [0.29, 0.717) is 11.6 Å². The van der Waals surface area contributed by atoms with Crippen molar-refractivity contribution in [2.24, 2.45) is 0 Å². The molecule has 5 heteroatoms. The summed E-state index contributed by atoms with van der Waals surface area (Å²) >= 11 is 19.7. The highest BCUT2D eigenvalue weighted by Gasteiger charge is 2.16. The van der Waals surface area contributed by atoms with Gasteiger partial charge in [0.05, 0.1) is 16.5 Å². The van der Waals surface area contributed by atoms with Crippen molar-refractivity contribution in [1.29, 1.82) is 0 Å². The van der Waals surface area contributed by atoms with E-state index < -0.39 is 0 Å². The summed E-state index contributed by atoms with van der Waals surface area (Å²) in [5, 5.41) is 0.340. The molecule has 2 aromatic rings. The Balaban J connectivity index is 2.33. The average Bonchev–Trinajstić information content (AvgIpc) is 2.40. The molecule has 0 saturated heterocycles. The van der Waals surface area contributed by atoms with Gasteiger partial charge in [0.2, 0.25) is 0 Å². The van der Waals surface area contributed by atoms with Crippen LogP contribution >= 0.6 is 55.1 Å². The van der Waals surface area contributed by atoms with E-state index in [-0.39, 0.29) is 5.38 Å². The second kappa shape index (κ2) is 7.17. The van der Waals surface area contributed by atoms with Gasteiger partial charge in [0.1, 0.15) is 5.75 Å². The molecule has 0 aliphatic heterocycles. The van der Waals surface area contributed by atoms with Crippen molar-refractivity contribution in [2.75, 3.05) is 6.61 Å². The van der Waals surface area contributed by atoms with Gasteiger partial charge in [-0.25, -0.2) is 0 Å². The van der Waals surface area contributed by atoms with Crippen molar-refractivity contribution in [2.45, 2.75) is 12.3 Å². The van der Waals surface area contributed by atoms with Gasteiger partial charge < -0.3 is 4.74 Å². The molecule has 106 valence electrons. The Bertz CT molecular complexity index is 617. The average molecular weight is 439 g/mol. The summed E-state index contributed by atoms with van der Waals surface area (Å²) in [4.78, 5) is 0. The zero-order chi connectivity index (χ0) is 14.7. The first-order valence-electron chi connectivity index (χ1n) is 6.04. The first kappa shape index (κ1) is 16.2. The summed E-state index contributed by atoms with van der Waals surface area (Å²) < 4.78 is 7.31. The van der Waals surface area contributed by atoms with Crippen LogP contribution in [0.25, 0.3) is 0 Å². The van der Waals surface area contributed by atoms with Crippen molar-refractivity contribution in [3.05, 3.63) is 61.5 Å². The van der Waals surface area contributed by atoms with Gasteiger partial charge in [0.25, 0.3) is 0 Å². The van der Waals surface area contributed by atoms with Gasteiger partial charge in [-0.05, 0) is 58.2 Å². The maximum atomic E-state index is 6.53. The standard InChI is InChI=1S/C15H12Br2Cl2O/c1-2-20-14-6-3-9(7-12(14)17)15(19)11-5-4-10(16)8-13(11)18/h3-8,15H,2H2,1H3. The maximum absolute atomic E-state index is 6.53. The fraction of sp³-hybridized carbons (Fsp3) is 0.200. The maximum Gasteiger partial charge on any atom is 0.133 e. The summed E-state index contributed by atoms with van der Waals surface area (Å²) in [6.07, 6.45) is 0. The molecule has 1 unspecified atom stereocenters. The second-order valence-electron chi connectivity index (χ2n) is 4.15. The van der Waals surface area contributed by atoms with Crippen LogP contribution in [0.1, 0.15) is 23.4 Å². The van der Waals surface area contributed by atoms with Crippen molar-refractivity contribution in [3.63, 3.8) is 0 Å². The third-order valence-corrected chi connectivity index (χ3v) is 4.71. The number of hydrogen-bond donors (Lipinski definition) is 0. The molecule has 2 rings (SSSR count). The van der Waals surface area contributed by atoms with Crippen LogP contribution in [0.15, 0.2) is 45.3 Å². The molecule has 0 aromatic heterocycles. The van der Waals surface area contributed by atoms with Gasteiger partial charge in [-0.2, -0.15) is 0 Å². The SMILES string of the molecule is CCOc1ccc(C(Cl)c2ccc(Br)cc2Cl)cc1Br. The molecule has 2 aromatic carbocycles. The lowest BCUT2D eigenvalue weighted by atomic mass is 10.0. The summed E-state index contributed by atoms with van der Waals surface area (Å²) in [6, 6.07) is 11.5. The third kappa shape index (κ3) is 3.70. The van der Waals surface area contributed by atoms with Crippen LogP contribution in [0.2, 0.25) is 5.02 Å². The number of benzene rings is 2. The summed E-state index contributed by atoms with van der Waals surface area (Å²) in [6.45, 7) is 2.58. The van der Waals surface area contributed by atoms with E-state index in [1.807, 2.05) is 43.3 Å². The van der Waals surface area contributed by atoms with Gasteiger partial charge in [-0.1, -0.05) is 39.7 Å². The number of rotatable bonds is 4. The van der Waals surface area contributed by atoms with Gasteiger partial charge in [0, 0.05) is 9.50 Å². The largest absolute Gasteiger partial charge is 0.493 e. The number of hydrogen-bond acceptors (Lipinski definition) is 1. The van der Waals surface area contributed by atoms with Crippen LogP contribution in [-0.4, -0.2) is 6.61 Å². The van der Waals surface area contributed by atoms with Gasteiger partial charge in [-0.15, -0.1) is 11.6 Å². The van der Waals surface area contributed by atoms with Gasteiger partial charge >= 0.3 is 0 Å². The molecule has 0 bridgehead atoms. The van der Waals surface area contributed by atoms with Crippen LogP contribution in [0, 0.1) is 0 Å². The minimum atomic E-state index is -0.303. The smallest absolute Gasteiger partial charge is 0.133 e. The van der Waals surface area contributed by atoms with Crippen molar-refractivity contribution in [3.8, 4) is 5.75 Å². The van der Waals surface area contributed by atoms with E-state index in [0.717, 1.165) is 25.8 Å². The topological polar surface area (TPSA) is 9.23 Å². The monoisotopic (exact) mass is 436 g/mol. The molecule has 0 heterocycles. The predicted octanol–water partition coefficient (Wildman–Crippen LogP) is 6.59. The third-order valence-electron chi connectivity index (χ3n) is 2.78. The second-order valence-corrected chi connectivity index (χ2v) is 6.76. The van der Waals surface area contributed by atoms with E-state index in [1.165, 1.54) is 0 Å². The highest BCUT2D eigenvalue weighted by molar-refractivity contribution is 9.10. The number of halogens is 4. The molecule has 0 N–H and O–H groups in total. The molecule has 1 nitrogen and oxygen atoms in total. The van der Waals surface area contributed by atoms with Crippen molar-refractivity contribution in [1.82, 2.24) is 0 Å². The van der Waals surface area contributed by atoms with Crippen molar-refractivity contribution >= 4 is 55.1 Å². The highest BCUT2D eigenvalue weighted by atomic mass is 79.9. The van der Waals surface area contributed by atoms with E-state index in [1.54, 1.807) is 0 Å². The quantitative estimate of drug-likeness (QED) is 0.489. The first-order valence-corrected chi connectivity index (χ1v) is 8.44. The predicted molar refractivity (Wildman–Crippen MR) is 92.2 cm³/mol. The minimum Gasteiger partial charge on any atom is -0.493 e. The lowest BCUT2D eigenvalue weighted by Crippen LogP contribution is -1.97. The fourth-order valence-electron chi connectivity index (χ4n) is 1.83. The molecule has 0 radical (unpaired) electrons. The number of alkyl halides is 1. The highest BCUT2D eigenvalue weighted by Crippen LogP contribution is 2.37. The molecule has 20 heavy (non-hydrogen) atoms. The Morgan fingerprint density at radius 2 is 1.90 bits per heavy atom. The molecule has 0 aliphatic carbocycles. The Hall–Kier alpha value is -0.220. The normalized spacial score (nSPS) is 12.2. The van der Waals surface area contributed by atoms with Crippen molar-refractivity contribution < 1.29 is 4.74 Å². The molecule has 0 aliphatic rings. The molecule has 0 amide bonds. The van der Waals surface area contributed by atoms with Crippen LogP contribution in [0.4, 0.5) is 0 Å². The van der Waals surface area contributed by atoms with Crippen LogP contribution in [-0.2, 0) is 0 Å². The first-order chi connectivity index (χ1) is 9.52. The fourth-order valence-corrected chi connectivity index (χ4v) is 3.51. The minimum absolute atomic E-state index is 0.303. The molecular formula is C15H12Br2Cl2O. The zero-order valence-corrected chi connectivity index (χ0v) is 15.4. The van der Waals surface area contributed by atoms with Crippen LogP contribution in [0.5, 0.6) is 5.75 Å². The van der Waals surface area contributed by atoms with E-state index in [9.17, 15) is 0 Å². The Labute approximate surface area is 145 Å². The Morgan fingerprint density at radius 1 is 1.15 bits per heavy atom. The molecule has 1 atom stereocenters. The lowest BCUT2D eigenvalue weighted by Gasteiger charge is -2.14. The van der Waals surface area contributed by atoms with E-state index in [2.05, 4.69) is 31.9 Å². The lowest BCUT2D eigenvalue weighted by molar-refractivity contribution is 0.338. The molecule has 0 fully saturated rings. The summed E-state index contributed by atoms with van der Waals surface area (Å²) in [7, 11) is 0.